The van der Waals surface area contributed by atoms with Gasteiger partial charge in [-0.15, -0.1) is 0 Å². The molecule has 3 nitrogen and oxygen atoms in total. The Labute approximate surface area is 96.8 Å². The van der Waals surface area contributed by atoms with Crippen molar-refractivity contribution >= 4 is 0 Å². The van der Waals surface area contributed by atoms with Gasteiger partial charge in [-0.3, -0.25) is 0 Å². The molecule has 0 spiro atoms. The van der Waals surface area contributed by atoms with Gasteiger partial charge in [0.25, 0.3) is 0 Å². The highest BCUT2D eigenvalue weighted by atomic mass is 16.5. The van der Waals surface area contributed by atoms with Crippen molar-refractivity contribution in [1.29, 1.82) is 0 Å². The Morgan fingerprint density at radius 2 is 2.12 bits per heavy atom. The van der Waals surface area contributed by atoms with Crippen LogP contribution in [0, 0.1) is 0 Å². The SMILES string of the molecule is COc1cccc(OC(C)CNC2CC2)c1. The Morgan fingerprint density at radius 1 is 1.38 bits per heavy atom. The largest absolute Gasteiger partial charge is 0.497 e. The van der Waals surface area contributed by atoms with E-state index in [0.717, 1.165) is 24.1 Å². The molecule has 0 aliphatic heterocycles. The first-order chi connectivity index (χ1) is 7.78. The van der Waals surface area contributed by atoms with Gasteiger partial charge in [0.2, 0.25) is 0 Å². The first-order valence-electron chi connectivity index (χ1n) is 5.82. The molecule has 0 radical (unpaired) electrons. The molecule has 0 aromatic heterocycles. The molecule has 16 heavy (non-hydrogen) atoms. The second-order valence-corrected chi connectivity index (χ2v) is 4.29. The molecule has 1 saturated carbocycles. The van der Waals surface area contributed by atoms with Gasteiger partial charge in [-0.05, 0) is 31.9 Å². The molecule has 0 amide bonds. The molecule has 1 unspecified atom stereocenters. The normalized spacial score (nSPS) is 16.9. The van der Waals surface area contributed by atoms with Crippen LogP contribution in [0.3, 0.4) is 0 Å². The van der Waals surface area contributed by atoms with E-state index in [2.05, 4.69) is 12.2 Å². The summed E-state index contributed by atoms with van der Waals surface area (Å²) in [6, 6.07) is 8.45. The van der Waals surface area contributed by atoms with Crippen LogP contribution < -0.4 is 14.8 Å². The van der Waals surface area contributed by atoms with Gasteiger partial charge < -0.3 is 14.8 Å². The van der Waals surface area contributed by atoms with Gasteiger partial charge in [-0.2, -0.15) is 0 Å². The highest BCUT2D eigenvalue weighted by Crippen LogP contribution is 2.21. The minimum absolute atomic E-state index is 0.188. The van der Waals surface area contributed by atoms with E-state index in [1.165, 1.54) is 12.8 Å². The topological polar surface area (TPSA) is 30.5 Å². The third-order valence-corrected chi connectivity index (χ3v) is 2.65. The van der Waals surface area contributed by atoms with Crippen LogP contribution in [0.15, 0.2) is 24.3 Å². The third kappa shape index (κ3) is 3.42. The number of benzene rings is 1. The summed E-state index contributed by atoms with van der Waals surface area (Å²) in [5.74, 6) is 1.70. The van der Waals surface area contributed by atoms with Crippen molar-refractivity contribution in [1.82, 2.24) is 5.32 Å². The van der Waals surface area contributed by atoms with E-state index in [-0.39, 0.29) is 6.10 Å². The van der Waals surface area contributed by atoms with E-state index in [9.17, 15) is 0 Å². The molecule has 88 valence electrons. The predicted octanol–water partition coefficient (Wildman–Crippen LogP) is 2.21. The molecule has 3 heteroatoms. The second kappa shape index (κ2) is 5.21. The Morgan fingerprint density at radius 3 is 2.81 bits per heavy atom. The molecule has 2 rings (SSSR count). The molecular weight excluding hydrogens is 202 g/mol. The van der Waals surface area contributed by atoms with Crippen LogP contribution in [0.1, 0.15) is 19.8 Å². The highest BCUT2D eigenvalue weighted by Gasteiger charge is 2.21. The van der Waals surface area contributed by atoms with Crippen LogP contribution in [0.5, 0.6) is 11.5 Å². The van der Waals surface area contributed by atoms with E-state index < -0.39 is 0 Å². The first kappa shape index (κ1) is 11.3. The summed E-state index contributed by atoms with van der Waals surface area (Å²) >= 11 is 0. The fourth-order valence-corrected chi connectivity index (χ4v) is 1.57. The second-order valence-electron chi connectivity index (χ2n) is 4.29. The zero-order chi connectivity index (χ0) is 11.4. The average Bonchev–Trinajstić information content (AvgIpc) is 3.10. The fourth-order valence-electron chi connectivity index (χ4n) is 1.57. The van der Waals surface area contributed by atoms with Crippen molar-refractivity contribution in [3.05, 3.63) is 24.3 Å². The van der Waals surface area contributed by atoms with Crippen molar-refractivity contribution < 1.29 is 9.47 Å². The molecule has 1 aromatic rings. The number of hydrogen-bond acceptors (Lipinski definition) is 3. The molecule has 0 bridgehead atoms. The third-order valence-electron chi connectivity index (χ3n) is 2.65. The minimum atomic E-state index is 0.188. The van der Waals surface area contributed by atoms with Crippen molar-refractivity contribution in [2.45, 2.75) is 31.9 Å². The lowest BCUT2D eigenvalue weighted by Gasteiger charge is -2.15. The van der Waals surface area contributed by atoms with E-state index in [0.29, 0.717) is 0 Å². The number of hydrogen-bond donors (Lipinski definition) is 1. The Kier molecular flexibility index (Phi) is 3.67. The number of rotatable bonds is 6. The van der Waals surface area contributed by atoms with E-state index >= 15 is 0 Å². The monoisotopic (exact) mass is 221 g/mol. The van der Waals surface area contributed by atoms with Crippen LogP contribution >= 0.6 is 0 Å². The van der Waals surface area contributed by atoms with Crippen molar-refractivity contribution in [2.24, 2.45) is 0 Å². The zero-order valence-corrected chi connectivity index (χ0v) is 9.90. The first-order valence-corrected chi connectivity index (χ1v) is 5.82. The number of methoxy groups -OCH3 is 1. The van der Waals surface area contributed by atoms with Crippen LogP contribution in [0.4, 0.5) is 0 Å². The van der Waals surface area contributed by atoms with E-state index in [1.54, 1.807) is 7.11 Å². The zero-order valence-electron chi connectivity index (χ0n) is 9.90. The van der Waals surface area contributed by atoms with Gasteiger partial charge in [0, 0.05) is 18.7 Å². The standard InChI is InChI=1S/C13H19NO2/c1-10(9-14-11-6-7-11)16-13-5-3-4-12(8-13)15-2/h3-5,8,10-11,14H,6-7,9H2,1-2H3. The van der Waals surface area contributed by atoms with Gasteiger partial charge in [-0.1, -0.05) is 6.07 Å². The van der Waals surface area contributed by atoms with Crippen LogP contribution in [0.2, 0.25) is 0 Å². The summed E-state index contributed by atoms with van der Waals surface area (Å²) in [6.45, 7) is 2.98. The maximum absolute atomic E-state index is 5.79. The van der Waals surface area contributed by atoms with Crippen molar-refractivity contribution in [3.8, 4) is 11.5 Å². The molecule has 1 atom stereocenters. The highest BCUT2D eigenvalue weighted by molar-refractivity contribution is 5.32. The molecule has 0 saturated heterocycles. The van der Waals surface area contributed by atoms with Crippen molar-refractivity contribution in [2.75, 3.05) is 13.7 Å². The van der Waals surface area contributed by atoms with Crippen molar-refractivity contribution in [3.63, 3.8) is 0 Å². The summed E-state index contributed by atoms with van der Waals surface area (Å²) in [7, 11) is 1.66. The van der Waals surface area contributed by atoms with E-state index in [4.69, 9.17) is 9.47 Å². The lowest BCUT2D eigenvalue weighted by Crippen LogP contribution is -2.30. The molecule has 1 fully saturated rings. The van der Waals surface area contributed by atoms with Gasteiger partial charge in [0.05, 0.1) is 7.11 Å². The maximum Gasteiger partial charge on any atom is 0.123 e. The average molecular weight is 221 g/mol. The minimum Gasteiger partial charge on any atom is -0.497 e. The summed E-state index contributed by atoms with van der Waals surface area (Å²) in [5.41, 5.74) is 0. The lowest BCUT2D eigenvalue weighted by atomic mass is 10.3. The van der Waals surface area contributed by atoms with E-state index in [1.807, 2.05) is 24.3 Å². The van der Waals surface area contributed by atoms with Crippen LogP contribution in [-0.2, 0) is 0 Å². The maximum atomic E-state index is 5.79. The number of ether oxygens (including phenoxy) is 2. The summed E-state index contributed by atoms with van der Waals surface area (Å²) < 4.78 is 10.9. The molecule has 1 aliphatic rings. The van der Waals surface area contributed by atoms with Gasteiger partial charge >= 0.3 is 0 Å². The van der Waals surface area contributed by atoms with Gasteiger partial charge in [0.15, 0.2) is 0 Å². The van der Waals surface area contributed by atoms with Crippen LogP contribution in [0.25, 0.3) is 0 Å². The quantitative estimate of drug-likeness (QED) is 0.799. The molecule has 0 heterocycles. The van der Waals surface area contributed by atoms with Crippen LogP contribution in [-0.4, -0.2) is 25.8 Å². The lowest BCUT2D eigenvalue weighted by molar-refractivity contribution is 0.216. The Balaban J connectivity index is 1.81. The Bertz CT molecular complexity index is 336. The number of nitrogens with one attached hydrogen (secondary N) is 1. The summed E-state index contributed by atoms with van der Waals surface area (Å²) in [6.07, 6.45) is 2.81. The van der Waals surface area contributed by atoms with Gasteiger partial charge in [-0.25, -0.2) is 0 Å². The molecular formula is C13H19NO2. The fraction of sp³-hybridized carbons (Fsp3) is 0.538. The smallest absolute Gasteiger partial charge is 0.123 e. The molecule has 1 aromatic carbocycles. The summed E-state index contributed by atoms with van der Waals surface area (Å²) in [4.78, 5) is 0. The summed E-state index contributed by atoms with van der Waals surface area (Å²) in [5, 5.41) is 3.45. The molecule has 1 N–H and O–H groups in total. The van der Waals surface area contributed by atoms with Gasteiger partial charge in [0.1, 0.15) is 17.6 Å². The predicted molar refractivity (Wildman–Crippen MR) is 64.1 cm³/mol. The Hall–Kier alpha value is -1.22. The molecule has 1 aliphatic carbocycles.